The predicted molar refractivity (Wildman–Crippen MR) is 49.0 cm³/mol. The van der Waals surface area contributed by atoms with Gasteiger partial charge in [-0.15, -0.1) is 11.3 Å². The molecule has 0 amide bonds. The Kier molecular flexibility index (Phi) is 4.24. The first-order valence-corrected chi connectivity index (χ1v) is 5.34. The third-order valence-electron chi connectivity index (χ3n) is 1.62. The van der Waals surface area contributed by atoms with Gasteiger partial charge in [0.15, 0.2) is 0 Å². The number of halogens is 1. The average Bonchev–Trinajstić information content (AvgIpc) is 2.46. The van der Waals surface area contributed by atoms with Crippen molar-refractivity contribution in [2.75, 3.05) is 0 Å². The van der Waals surface area contributed by atoms with Crippen molar-refractivity contribution in [3.63, 3.8) is 0 Å². The van der Waals surface area contributed by atoms with Gasteiger partial charge in [-0.2, -0.15) is 0 Å². The Morgan fingerprint density at radius 3 is 2.71 bits per heavy atom. The van der Waals surface area contributed by atoms with Crippen LogP contribution >= 0.6 is 11.3 Å². The van der Waals surface area contributed by atoms with Crippen LogP contribution in [0.15, 0.2) is 28.5 Å². The first kappa shape index (κ1) is 12.3. The number of thiophene rings is 1. The molecule has 1 aromatic carbocycles. The van der Waals surface area contributed by atoms with Gasteiger partial charge in [-0.05, 0) is 40.7 Å². The minimum Gasteiger partial charge on any atom is -0.768 e. The van der Waals surface area contributed by atoms with E-state index in [1.165, 1.54) is 18.2 Å². The van der Waals surface area contributed by atoms with Gasteiger partial charge in [0.2, 0.25) is 0 Å². The zero-order valence-corrected chi connectivity index (χ0v) is 11.0. The van der Waals surface area contributed by atoms with E-state index in [0.717, 1.165) is 16.0 Å². The zero-order valence-electron chi connectivity index (χ0n) is 7.32. The summed E-state index contributed by atoms with van der Waals surface area (Å²) < 4.78 is 34.9. The van der Waals surface area contributed by atoms with Gasteiger partial charge in [0, 0.05) is 4.70 Å². The molecule has 1 unspecified atom stereocenters. The fourth-order valence-electron chi connectivity index (χ4n) is 1.07. The molecule has 0 saturated carbocycles. The summed E-state index contributed by atoms with van der Waals surface area (Å²) in [7, 11) is 0. The maximum absolute atomic E-state index is 12.7. The molecule has 0 aliphatic carbocycles. The van der Waals surface area contributed by atoms with E-state index in [2.05, 4.69) is 0 Å². The van der Waals surface area contributed by atoms with Crippen molar-refractivity contribution < 1.29 is 42.7 Å². The fraction of sp³-hybridized carbons (Fsp3) is 0. The molecule has 1 atom stereocenters. The van der Waals surface area contributed by atoms with Crippen LogP contribution in [0.1, 0.15) is 0 Å². The molecule has 0 aliphatic rings. The van der Waals surface area contributed by atoms with Crippen molar-refractivity contribution in [1.29, 1.82) is 0 Å². The molecule has 1 heterocycles. The van der Waals surface area contributed by atoms with E-state index >= 15 is 0 Å². The molecule has 68 valence electrons. The van der Waals surface area contributed by atoms with Crippen LogP contribution in [0.4, 0.5) is 4.39 Å². The summed E-state index contributed by atoms with van der Waals surface area (Å²) in [6.07, 6.45) is 0. The molecule has 6 heteroatoms. The Morgan fingerprint density at radius 2 is 2.07 bits per heavy atom. The minimum absolute atomic E-state index is 0. The third-order valence-corrected chi connectivity index (χ3v) is 3.64. The van der Waals surface area contributed by atoms with Crippen molar-refractivity contribution in [2.24, 2.45) is 0 Å². The van der Waals surface area contributed by atoms with Gasteiger partial charge < -0.3 is 4.55 Å². The second kappa shape index (κ2) is 4.83. The standard InChI is InChI=1S/C8H5FO2S2.Na/c9-6-1-2-7-5(3-6)4-8(12-7)13(10)11;/h1-4H,(H,10,11);/q;+1/p-1. The average molecular weight is 238 g/mol. The van der Waals surface area contributed by atoms with E-state index in [4.69, 9.17) is 0 Å². The Bertz CT molecular complexity index is 483. The molecular formula is C8H4FNaO2S2. The van der Waals surface area contributed by atoms with E-state index in [-0.39, 0.29) is 39.6 Å². The van der Waals surface area contributed by atoms with E-state index < -0.39 is 11.1 Å². The quantitative estimate of drug-likeness (QED) is 0.486. The molecule has 0 bridgehead atoms. The number of benzene rings is 1. The molecule has 1 aromatic heterocycles. The third kappa shape index (κ3) is 2.42. The number of hydrogen-bond donors (Lipinski definition) is 0. The molecule has 0 spiro atoms. The summed E-state index contributed by atoms with van der Waals surface area (Å²) in [6, 6.07) is 5.68. The summed E-state index contributed by atoms with van der Waals surface area (Å²) in [5.74, 6) is -0.353. The summed E-state index contributed by atoms with van der Waals surface area (Å²) in [4.78, 5) is 0. The predicted octanol–water partition coefficient (Wildman–Crippen LogP) is -0.718. The minimum atomic E-state index is -2.22. The summed E-state index contributed by atoms with van der Waals surface area (Å²) in [5, 5.41) is 0.629. The topological polar surface area (TPSA) is 40.1 Å². The molecule has 0 fully saturated rings. The van der Waals surface area contributed by atoms with Crippen LogP contribution in [0.2, 0.25) is 0 Å². The second-order valence-corrected chi connectivity index (χ2v) is 4.73. The normalized spacial score (nSPS) is 12.4. The number of rotatable bonds is 1. The molecule has 2 nitrogen and oxygen atoms in total. The monoisotopic (exact) mass is 238 g/mol. The zero-order chi connectivity index (χ0) is 9.42. The molecule has 2 rings (SSSR count). The second-order valence-electron chi connectivity index (χ2n) is 2.48. The molecule has 0 aliphatic heterocycles. The van der Waals surface area contributed by atoms with Crippen molar-refractivity contribution in [3.8, 4) is 0 Å². The van der Waals surface area contributed by atoms with E-state index in [1.54, 1.807) is 6.07 Å². The molecule has 14 heavy (non-hydrogen) atoms. The van der Waals surface area contributed by atoms with E-state index in [0.29, 0.717) is 5.39 Å². The number of fused-ring (bicyclic) bond motifs is 1. The Hall–Kier alpha value is 0.220. The molecule has 0 saturated heterocycles. The van der Waals surface area contributed by atoms with Gasteiger partial charge in [0.05, 0.1) is 4.21 Å². The Morgan fingerprint density at radius 1 is 1.36 bits per heavy atom. The van der Waals surface area contributed by atoms with Crippen LogP contribution in [-0.4, -0.2) is 8.76 Å². The Labute approximate surface area is 109 Å². The van der Waals surface area contributed by atoms with Gasteiger partial charge in [-0.1, -0.05) is 0 Å². The van der Waals surface area contributed by atoms with Crippen LogP contribution in [0.3, 0.4) is 0 Å². The summed E-state index contributed by atoms with van der Waals surface area (Å²) >= 11 is -1.09. The van der Waals surface area contributed by atoms with Crippen LogP contribution < -0.4 is 29.6 Å². The fourth-order valence-corrected chi connectivity index (χ4v) is 2.61. The Balaban J connectivity index is 0.000000980. The molecule has 2 aromatic rings. The van der Waals surface area contributed by atoms with Crippen LogP contribution in [0.25, 0.3) is 10.1 Å². The SMILES string of the molecule is O=S([O-])c1cc2cc(F)ccc2s1.[Na+]. The van der Waals surface area contributed by atoms with Crippen molar-refractivity contribution in [1.82, 2.24) is 0 Å². The molecular weight excluding hydrogens is 234 g/mol. The molecule has 0 N–H and O–H groups in total. The van der Waals surface area contributed by atoms with E-state index in [1.807, 2.05) is 0 Å². The maximum Gasteiger partial charge on any atom is 1.00 e. The summed E-state index contributed by atoms with van der Waals surface area (Å²) in [5.41, 5.74) is 0. The van der Waals surface area contributed by atoms with Crippen molar-refractivity contribution >= 4 is 32.5 Å². The van der Waals surface area contributed by atoms with Gasteiger partial charge in [-0.25, -0.2) is 4.39 Å². The van der Waals surface area contributed by atoms with E-state index in [9.17, 15) is 13.2 Å². The molecule has 0 radical (unpaired) electrons. The van der Waals surface area contributed by atoms with Gasteiger partial charge >= 0.3 is 29.6 Å². The van der Waals surface area contributed by atoms with Crippen molar-refractivity contribution in [2.45, 2.75) is 4.21 Å². The number of hydrogen-bond acceptors (Lipinski definition) is 3. The van der Waals surface area contributed by atoms with Gasteiger partial charge in [-0.3, -0.25) is 4.21 Å². The first-order chi connectivity index (χ1) is 6.16. The summed E-state index contributed by atoms with van der Waals surface area (Å²) in [6.45, 7) is 0. The maximum atomic E-state index is 12.7. The largest absolute Gasteiger partial charge is 1.00 e. The van der Waals surface area contributed by atoms with Crippen LogP contribution in [0.5, 0.6) is 0 Å². The van der Waals surface area contributed by atoms with Crippen LogP contribution in [-0.2, 0) is 11.1 Å². The first-order valence-electron chi connectivity index (χ1n) is 3.45. The van der Waals surface area contributed by atoms with Crippen LogP contribution in [0, 0.1) is 5.82 Å². The van der Waals surface area contributed by atoms with Gasteiger partial charge in [0.1, 0.15) is 5.82 Å². The van der Waals surface area contributed by atoms with Gasteiger partial charge in [0.25, 0.3) is 0 Å². The van der Waals surface area contributed by atoms with Crippen molar-refractivity contribution in [3.05, 3.63) is 30.1 Å². The smallest absolute Gasteiger partial charge is 0.768 e.